The van der Waals surface area contributed by atoms with E-state index in [-0.39, 0.29) is 0 Å². The van der Waals surface area contributed by atoms with Gasteiger partial charge in [-0.2, -0.15) is 0 Å². The molecule has 0 bridgehead atoms. The zero-order chi connectivity index (χ0) is 9.80. The van der Waals surface area contributed by atoms with Crippen molar-refractivity contribution in [2.75, 3.05) is 39.5 Å². The summed E-state index contributed by atoms with van der Waals surface area (Å²) in [5, 5.41) is 0. The second kappa shape index (κ2) is 4.75. The Kier molecular flexibility index (Phi) is 3.37. The Hall–Kier alpha value is -0.610. The van der Waals surface area contributed by atoms with E-state index in [1.165, 1.54) is 0 Å². The molecular weight excluding hydrogens is 180 g/mol. The zero-order valence-corrected chi connectivity index (χ0v) is 8.74. The van der Waals surface area contributed by atoms with Gasteiger partial charge in [0.15, 0.2) is 0 Å². The highest BCUT2D eigenvalue weighted by atomic mass is 16.5. The van der Waals surface area contributed by atoms with Crippen LogP contribution in [0.4, 0.5) is 0 Å². The van der Waals surface area contributed by atoms with Crippen LogP contribution in [0.25, 0.3) is 0 Å². The van der Waals surface area contributed by atoms with Crippen LogP contribution in [0.1, 0.15) is 13.3 Å². The molecule has 0 aromatic carbocycles. The monoisotopic (exact) mass is 198 g/mol. The standard InChI is InChI=1S/C10H18N2O2/c1-2-13-6-3-5-12-8-9(12)10-11-4-7-14-10/h9H,2-8H2,1H3. The molecule has 4 nitrogen and oxygen atoms in total. The summed E-state index contributed by atoms with van der Waals surface area (Å²) in [6.45, 7) is 7.56. The van der Waals surface area contributed by atoms with Crippen molar-refractivity contribution in [1.82, 2.24) is 4.90 Å². The van der Waals surface area contributed by atoms with Crippen molar-refractivity contribution in [3.8, 4) is 0 Å². The van der Waals surface area contributed by atoms with Crippen molar-refractivity contribution < 1.29 is 9.47 Å². The molecule has 2 rings (SSSR count). The molecule has 0 aromatic heterocycles. The number of nitrogens with zero attached hydrogens (tertiary/aromatic N) is 2. The highest BCUT2D eigenvalue weighted by Gasteiger charge is 2.40. The maximum atomic E-state index is 5.41. The minimum atomic E-state index is 0.485. The first-order valence-electron chi connectivity index (χ1n) is 5.40. The van der Waals surface area contributed by atoms with Crippen molar-refractivity contribution in [2.45, 2.75) is 19.4 Å². The second-order valence-corrected chi connectivity index (χ2v) is 3.63. The van der Waals surface area contributed by atoms with Gasteiger partial charge in [-0.1, -0.05) is 0 Å². The molecule has 14 heavy (non-hydrogen) atoms. The lowest BCUT2D eigenvalue weighted by atomic mass is 10.4. The molecule has 2 atom stereocenters. The fourth-order valence-electron chi connectivity index (χ4n) is 1.72. The van der Waals surface area contributed by atoms with Crippen molar-refractivity contribution >= 4 is 5.90 Å². The van der Waals surface area contributed by atoms with Gasteiger partial charge in [0.05, 0.1) is 12.6 Å². The average molecular weight is 198 g/mol. The van der Waals surface area contributed by atoms with Gasteiger partial charge in [0.1, 0.15) is 6.61 Å². The predicted octanol–water partition coefficient (Wildman–Crippen LogP) is 0.526. The quantitative estimate of drug-likeness (QED) is 0.461. The van der Waals surface area contributed by atoms with Gasteiger partial charge in [0.2, 0.25) is 5.90 Å². The third kappa shape index (κ3) is 2.45. The van der Waals surface area contributed by atoms with Gasteiger partial charge < -0.3 is 9.47 Å². The molecule has 2 heterocycles. The molecule has 2 unspecified atom stereocenters. The van der Waals surface area contributed by atoms with Crippen molar-refractivity contribution in [3.63, 3.8) is 0 Å². The normalized spacial score (nSPS) is 29.9. The topological polar surface area (TPSA) is 33.8 Å². The third-order valence-electron chi connectivity index (χ3n) is 2.55. The highest BCUT2D eigenvalue weighted by Crippen LogP contribution is 2.21. The van der Waals surface area contributed by atoms with E-state index in [4.69, 9.17) is 9.47 Å². The van der Waals surface area contributed by atoms with Crippen LogP contribution in [0.2, 0.25) is 0 Å². The van der Waals surface area contributed by atoms with Gasteiger partial charge in [0.25, 0.3) is 0 Å². The first-order valence-corrected chi connectivity index (χ1v) is 5.40. The van der Waals surface area contributed by atoms with Crippen LogP contribution in [0.5, 0.6) is 0 Å². The lowest BCUT2D eigenvalue weighted by Crippen LogP contribution is -2.15. The molecule has 4 heteroatoms. The van der Waals surface area contributed by atoms with E-state index in [1.54, 1.807) is 0 Å². The minimum absolute atomic E-state index is 0.485. The van der Waals surface area contributed by atoms with E-state index < -0.39 is 0 Å². The summed E-state index contributed by atoms with van der Waals surface area (Å²) in [4.78, 5) is 6.69. The fourth-order valence-corrected chi connectivity index (χ4v) is 1.72. The summed E-state index contributed by atoms with van der Waals surface area (Å²) in [7, 11) is 0. The molecule has 2 aliphatic rings. The van der Waals surface area contributed by atoms with Crippen molar-refractivity contribution in [2.24, 2.45) is 4.99 Å². The van der Waals surface area contributed by atoms with Crippen LogP contribution in [-0.4, -0.2) is 56.3 Å². The Balaban J connectivity index is 1.57. The Bertz CT molecular complexity index is 218. The molecule has 1 saturated heterocycles. The van der Waals surface area contributed by atoms with E-state index >= 15 is 0 Å². The first kappa shape index (κ1) is 9.93. The van der Waals surface area contributed by atoms with E-state index in [0.29, 0.717) is 6.04 Å². The number of rotatable bonds is 6. The van der Waals surface area contributed by atoms with E-state index in [2.05, 4.69) is 9.89 Å². The van der Waals surface area contributed by atoms with Crippen LogP contribution in [0.3, 0.4) is 0 Å². The zero-order valence-electron chi connectivity index (χ0n) is 8.74. The molecule has 0 aliphatic carbocycles. The molecular formula is C10H18N2O2. The number of hydrogen-bond acceptors (Lipinski definition) is 4. The van der Waals surface area contributed by atoms with Crippen LogP contribution in [-0.2, 0) is 9.47 Å². The summed E-state index contributed by atoms with van der Waals surface area (Å²) in [6, 6.07) is 0.485. The van der Waals surface area contributed by atoms with Gasteiger partial charge in [-0.05, 0) is 13.3 Å². The summed E-state index contributed by atoms with van der Waals surface area (Å²) < 4.78 is 10.7. The maximum Gasteiger partial charge on any atom is 0.202 e. The third-order valence-corrected chi connectivity index (χ3v) is 2.55. The Morgan fingerprint density at radius 1 is 1.64 bits per heavy atom. The minimum Gasteiger partial charge on any atom is -0.478 e. The van der Waals surface area contributed by atoms with Crippen LogP contribution < -0.4 is 0 Å². The average Bonchev–Trinajstić information content (AvgIpc) is 2.77. The molecule has 2 aliphatic heterocycles. The molecule has 0 aromatic rings. The number of hydrogen-bond donors (Lipinski definition) is 0. The Morgan fingerprint density at radius 2 is 2.57 bits per heavy atom. The van der Waals surface area contributed by atoms with Crippen LogP contribution in [0, 0.1) is 0 Å². The summed E-state index contributed by atoms with van der Waals surface area (Å²) in [5.41, 5.74) is 0. The lowest BCUT2D eigenvalue weighted by molar-refractivity contribution is 0.141. The van der Waals surface area contributed by atoms with Gasteiger partial charge in [-0.3, -0.25) is 9.89 Å². The summed E-state index contributed by atoms with van der Waals surface area (Å²) in [6.07, 6.45) is 1.11. The van der Waals surface area contributed by atoms with Crippen molar-refractivity contribution in [1.29, 1.82) is 0 Å². The van der Waals surface area contributed by atoms with Gasteiger partial charge in [-0.25, -0.2) is 0 Å². The number of ether oxygens (including phenoxy) is 2. The van der Waals surface area contributed by atoms with Gasteiger partial charge in [-0.15, -0.1) is 0 Å². The molecule has 0 saturated carbocycles. The summed E-state index contributed by atoms with van der Waals surface area (Å²) in [5.74, 6) is 0.960. The number of aliphatic imine (C=N–C) groups is 1. The molecule has 0 radical (unpaired) electrons. The highest BCUT2D eigenvalue weighted by molar-refractivity contribution is 5.85. The maximum absolute atomic E-state index is 5.41. The van der Waals surface area contributed by atoms with E-state index in [9.17, 15) is 0 Å². The largest absolute Gasteiger partial charge is 0.478 e. The summed E-state index contributed by atoms with van der Waals surface area (Å²) >= 11 is 0. The van der Waals surface area contributed by atoms with Crippen LogP contribution in [0.15, 0.2) is 4.99 Å². The molecule has 80 valence electrons. The van der Waals surface area contributed by atoms with Gasteiger partial charge in [0, 0.05) is 26.3 Å². The fraction of sp³-hybridized carbons (Fsp3) is 0.900. The molecule has 0 spiro atoms. The first-order chi connectivity index (χ1) is 6.92. The molecule has 1 fully saturated rings. The smallest absolute Gasteiger partial charge is 0.202 e. The second-order valence-electron chi connectivity index (χ2n) is 3.63. The Labute approximate surface area is 84.9 Å². The predicted molar refractivity (Wildman–Crippen MR) is 54.7 cm³/mol. The van der Waals surface area contributed by atoms with E-state index in [1.807, 2.05) is 6.92 Å². The van der Waals surface area contributed by atoms with E-state index in [0.717, 1.165) is 51.8 Å². The molecule has 0 amide bonds. The SMILES string of the molecule is CCOCCCN1CC1C1=NCCO1. The molecule has 0 N–H and O–H groups in total. The van der Waals surface area contributed by atoms with Crippen LogP contribution >= 0.6 is 0 Å². The lowest BCUT2D eigenvalue weighted by Gasteiger charge is -2.04. The van der Waals surface area contributed by atoms with Crippen molar-refractivity contribution in [3.05, 3.63) is 0 Å². The Morgan fingerprint density at radius 3 is 3.29 bits per heavy atom. The van der Waals surface area contributed by atoms with Gasteiger partial charge >= 0.3 is 0 Å².